The summed E-state index contributed by atoms with van der Waals surface area (Å²) in [6, 6.07) is 10.9. The van der Waals surface area contributed by atoms with Gasteiger partial charge in [0.2, 0.25) is 0 Å². The first-order valence-electron chi connectivity index (χ1n) is 8.77. The van der Waals surface area contributed by atoms with Gasteiger partial charge in [0, 0.05) is 27.8 Å². The summed E-state index contributed by atoms with van der Waals surface area (Å²) in [6.07, 6.45) is 0. The van der Waals surface area contributed by atoms with Crippen molar-refractivity contribution < 1.29 is 9.59 Å². The highest BCUT2D eigenvalue weighted by Crippen LogP contribution is 2.25. The summed E-state index contributed by atoms with van der Waals surface area (Å²) in [5.74, 6) is -1.44. The van der Waals surface area contributed by atoms with Gasteiger partial charge in [-0.3, -0.25) is 14.3 Å². The first-order chi connectivity index (χ1) is 13.4. The molecule has 2 heterocycles. The monoisotopic (exact) mass is 416 g/mol. The van der Waals surface area contributed by atoms with Gasteiger partial charge in [0.25, 0.3) is 0 Å². The van der Waals surface area contributed by atoms with Crippen LogP contribution in [0.1, 0.15) is 27.9 Å². The van der Waals surface area contributed by atoms with Gasteiger partial charge in [0.1, 0.15) is 6.04 Å². The number of thiophene rings is 1. The lowest BCUT2D eigenvalue weighted by Gasteiger charge is -2.19. The highest BCUT2D eigenvalue weighted by Gasteiger charge is 2.21. The van der Waals surface area contributed by atoms with Gasteiger partial charge in [-0.25, -0.2) is 0 Å². The van der Waals surface area contributed by atoms with Crippen molar-refractivity contribution in [1.82, 2.24) is 15.1 Å². The van der Waals surface area contributed by atoms with Crippen molar-refractivity contribution in [1.29, 1.82) is 0 Å². The molecule has 3 rings (SSSR count). The molecule has 6 nitrogen and oxygen atoms in total. The molecule has 28 heavy (non-hydrogen) atoms. The Balaban J connectivity index is 1.71. The standard InChI is InChI=1S/C20H21ClN4O2S/c1-12-10-13(2)25(24-12)17(18-8-5-9-28-18)11-22-19(26)20(27)23-16-7-4-6-15(21)14(16)3/h4-10,17H,11H2,1-3H3,(H,22,26)(H,23,27). The normalized spacial score (nSPS) is 11.9. The second-order valence-corrected chi connectivity index (χ2v) is 7.87. The maximum atomic E-state index is 12.4. The largest absolute Gasteiger partial charge is 0.345 e. The van der Waals surface area contributed by atoms with Crippen LogP contribution >= 0.6 is 22.9 Å². The zero-order valence-corrected chi connectivity index (χ0v) is 17.4. The number of amides is 2. The van der Waals surface area contributed by atoms with E-state index in [0.717, 1.165) is 16.3 Å². The van der Waals surface area contributed by atoms with Crippen molar-refractivity contribution >= 4 is 40.4 Å². The quantitative estimate of drug-likeness (QED) is 0.620. The predicted molar refractivity (Wildman–Crippen MR) is 112 cm³/mol. The molecule has 8 heteroatoms. The summed E-state index contributed by atoms with van der Waals surface area (Å²) in [6.45, 7) is 5.93. The summed E-state index contributed by atoms with van der Waals surface area (Å²) < 4.78 is 1.88. The molecule has 1 atom stereocenters. The molecular weight excluding hydrogens is 396 g/mol. The topological polar surface area (TPSA) is 76.0 Å². The molecule has 0 spiro atoms. The van der Waals surface area contributed by atoms with Crippen molar-refractivity contribution in [2.75, 3.05) is 11.9 Å². The van der Waals surface area contributed by atoms with Gasteiger partial charge >= 0.3 is 11.8 Å². The Hall–Kier alpha value is -2.64. The van der Waals surface area contributed by atoms with E-state index in [1.807, 2.05) is 42.1 Å². The number of hydrogen-bond acceptors (Lipinski definition) is 4. The van der Waals surface area contributed by atoms with Crippen LogP contribution in [0.2, 0.25) is 5.02 Å². The Kier molecular flexibility index (Phi) is 6.16. The molecular formula is C20H21ClN4O2S. The Morgan fingerprint density at radius 1 is 1.18 bits per heavy atom. The highest BCUT2D eigenvalue weighted by atomic mass is 35.5. The summed E-state index contributed by atoms with van der Waals surface area (Å²) in [4.78, 5) is 25.7. The lowest BCUT2D eigenvalue weighted by molar-refractivity contribution is -0.136. The molecule has 0 radical (unpaired) electrons. The van der Waals surface area contributed by atoms with Crippen LogP contribution in [0.5, 0.6) is 0 Å². The summed E-state index contributed by atoms with van der Waals surface area (Å²) in [7, 11) is 0. The molecule has 0 fully saturated rings. The van der Waals surface area contributed by atoms with Crippen LogP contribution in [0.3, 0.4) is 0 Å². The van der Waals surface area contributed by atoms with Crippen molar-refractivity contribution in [2.24, 2.45) is 0 Å². The average molecular weight is 417 g/mol. The number of nitrogens with one attached hydrogen (secondary N) is 2. The smallest absolute Gasteiger partial charge is 0.313 e. The van der Waals surface area contributed by atoms with E-state index in [-0.39, 0.29) is 12.6 Å². The number of aromatic nitrogens is 2. The fourth-order valence-electron chi connectivity index (χ4n) is 2.94. The number of halogens is 1. The Morgan fingerprint density at radius 2 is 1.96 bits per heavy atom. The van der Waals surface area contributed by atoms with Crippen LogP contribution in [0.4, 0.5) is 5.69 Å². The Labute approximate surface area is 172 Å². The van der Waals surface area contributed by atoms with E-state index in [9.17, 15) is 9.59 Å². The fraction of sp³-hybridized carbons (Fsp3) is 0.250. The number of carbonyl (C=O) groups is 2. The number of benzene rings is 1. The van der Waals surface area contributed by atoms with Gasteiger partial charge in [0.05, 0.1) is 5.69 Å². The molecule has 3 aromatic rings. The van der Waals surface area contributed by atoms with Crippen LogP contribution in [0.25, 0.3) is 0 Å². The van der Waals surface area contributed by atoms with E-state index in [0.29, 0.717) is 16.3 Å². The number of nitrogens with zero attached hydrogens (tertiary/aromatic N) is 2. The van der Waals surface area contributed by atoms with Gasteiger partial charge in [-0.15, -0.1) is 11.3 Å². The summed E-state index contributed by atoms with van der Waals surface area (Å²) in [5, 5.41) is 12.4. The Morgan fingerprint density at radius 3 is 2.61 bits per heavy atom. The minimum Gasteiger partial charge on any atom is -0.345 e. The van der Waals surface area contributed by atoms with Gasteiger partial charge in [-0.05, 0) is 56.0 Å². The van der Waals surface area contributed by atoms with Gasteiger partial charge < -0.3 is 10.6 Å². The predicted octanol–water partition coefficient (Wildman–Crippen LogP) is 3.87. The van der Waals surface area contributed by atoms with E-state index in [1.54, 1.807) is 36.5 Å². The number of anilines is 1. The minimum absolute atomic E-state index is 0.182. The maximum Gasteiger partial charge on any atom is 0.313 e. The van der Waals surface area contributed by atoms with Gasteiger partial charge in [0.15, 0.2) is 0 Å². The first-order valence-corrected chi connectivity index (χ1v) is 10.0. The van der Waals surface area contributed by atoms with Crippen molar-refractivity contribution in [3.8, 4) is 0 Å². The van der Waals surface area contributed by atoms with E-state index < -0.39 is 11.8 Å². The van der Waals surface area contributed by atoms with Crippen LogP contribution in [-0.4, -0.2) is 28.1 Å². The highest BCUT2D eigenvalue weighted by molar-refractivity contribution is 7.10. The van der Waals surface area contributed by atoms with Gasteiger partial charge in [-0.1, -0.05) is 23.7 Å². The molecule has 2 aromatic heterocycles. The molecule has 2 amide bonds. The van der Waals surface area contributed by atoms with E-state index in [2.05, 4.69) is 15.7 Å². The third-order valence-corrected chi connectivity index (χ3v) is 5.77. The number of aryl methyl sites for hydroxylation is 2. The van der Waals surface area contributed by atoms with E-state index in [4.69, 9.17) is 11.6 Å². The summed E-state index contributed by atoms with van der Waals surface area (Å²) in [5.41, 5.74) is 3.12. The number of rotatable bonds is 5. The average Bonchev–Trinajstić information content (AvgIpc) is 3.29. The molecule has 1 unspecified atom stereocenters. The van der Waals surface area contributed by atoms with Crippen LogP contribution in [0.15, 0.2) is 41.8 Å². The molecule has 2 N–H and O–H groups in total. The SMILES string of the molecule is Cc1cc(C)n(C(CNC(=O)C(=O)Nc2cccc(Cl)c2C)c2cccs2)n1. The zero-order chi connectivity index (χ0) is 20.3. The van der Waals surface area contributed by atoms with Crippen molar-refractivity contribution in [2.45, 2.75) is 26.8 Å². The molecule has 0 bridgehead atoms. The maximum absolute atomic E-state index is 12.4. The second-order valence-electron chi connectivity index (χ2n) is 6.48. The van der Waals surface area contributed by atoms with Crippen LogP contribution < -0.4 is 10.6 Å². The first kappa shape index (κ1) is 20.1. The molecule has 0 aliphatic carbocycles. The molecule has 0 aliphatic rings. The van der Waals surface area contributed by atoms with Crippen molar-refractivity contribution in [3.63, 3.8) is 0 Å². The molecule has 146 valence electrons. The van der Waals surface area contributed by atoms with Crippen LogP contribution in [0, 0.1) is 20.8 Å². The molecule has 0 saturated heterocycles. The Bertz CT molecular complexity index is 998. The van der Waals surface area contributed by atoms with Gasteiger partial charge in [-0.2, -0.15) is 5.10 Å². The molecule has 0 saturated carbocycles. The number of carbonyl (C=O) groups excluding carboxylic acids is 2. The van der Waals surface area contributed by atoms with Crippen molar-refractivity contribution in [3.05, 3.63) is 68.6 Å². The summed E-state index contributed by atoms with van der Waals surface area (Å²) >= 11 is 7.64. The second kappa shape index (κ2) is 8.58. The molecule has 0 aliphatic heterocycles. The van der Waals surface area contributed by atoms with E-state index >= 15 is 0 Å². The lowest BCUT2D eigenvalue weighted by atomic mass is 10.2. The number of hydrogen-bond donors (Lipinski definition) is 2. The van der Waals surface area contributed by atoms with E-state index in [1.165, 1.54) is 0 Å². The molecule has 1 aromatic carbocycles. The zero-order valence-electron chi connectivity index (χ0n) is 15.8. The van der Waals surface area contributed by atoms with Crippen LogP contribution in [-0.2, 0) is 9.59 Å². The lowest BCUT2D eigenvalue weighted by Crippen LogP contribution is -2.39. The third kappa shape index (κ3) is 4.43. The minimum atomic E-state index is -0.733. The fourth-order valence-corrected chi connectivity index (χ4v) is 3.93. The third-order valence-electron chi connectivity index (χ3n) is 4.39.